The zero-order valence-electron chi connectivity index (χ0n) is 10.7. The summed E-state index contributed by atoms with van der Waals surface area (Å²) in [4.78, 5) is 14.8. The normalized spacial score (nSPS) is 10.6. The molecule has 1 heterocycles. The van der Waals surface area contributed by atoms with Gasteiger partial charge in [-0.2, -0.15) is 0 Å². The van der Waals surface area contributed by atoms with Crippen molar-refractivity contribution in [2.45, 2.75) is 26.7 Å². The molecule has 96 valence electrons. The number of hydrogen-bond donors (Lipinski definition) is 2. The molecule has 0 atom stereocenters. The van der Waals surface area contributed by atoms with E-state index in [4.69, 9.17) is 4.74 Å². The van der Waals surface area contributed by atoms with Gasteiger partial charge in [0.05, 0.1) is 12.3 Å². The van der Waals surface area contributed by atoms with Crippen molar-refractivity contribution in [2.24, 2.45) is 0 Å². The van der Waals surface area contributed by atoms with Crippen LogP contribution in [0.4, 0.5) is 10.5 Å². The Kier molecular flexibility index (Phi) is 3.87. The molecular weight excluding hydrogens is 228 g/mol. The number of fused-ring (bicyclic) bond motifs is 1. The topological polar surface area (TPSA) is 54.1 Å². The van der Waals surface area contributed by atoms with Crippen molar-refractivity contribution in [3.8, 4) is 0 Å². The summed E-state index contributed by atoms with van der Waals surface area (Å²) in [5.74, 6) is 0. The zero-order chi connectivity index (χ0) is 13.0. The van der Waals surface area contributed by atoms with E-state index in [2.05, 4.69) is 17.2 Å². The fourth-order valence-electron chi connectivity index (χ4n) is 1.86. The summed E-state index contributed by atoms with van der Waals surface area (Å²) < 4.78 is 5.08. The molecular formula is C14H18N2O2. The SMILES string of the molecule is CCCCOC(=O)Nc1cccc2[nH]c(C)cc12. The monoisotopic (exact) mass is 246 g/mol. The highest BCUT2D eigenvalue weighted by Gasteiger charge is 2.07. The van der Waals surface area contributed by atoms with Gasteiger partial charge in [0, 0.05) is 16.6 Å². The van der Waals surface area contributed by atoms with Crippen LogP contribution in [0.2, 0.25) is 0 Å². The first-order valence-corrected chi connectivity index (χ1v) is 6.23. The number of aromatic nitrogens is 1. The van der Waals surface area contributed by atoms with Crippen LogP contribution in [0, 0.1) is 6.92 Å². The summed E-state index contributed by atoms with van der Waals surface area (Å²) in [7, 11) is 0. The molecule has 0 aliphatic carbocycles. The highest BCUT2D eigenvalue weighted by atomic mass is 16.5. The molecule has 1 aromatic carbocycles. The molecule has 0 saturated carbocycles. The molecule has 0 aliphatic heterocycles. The lowest BCUT2D eigenvalue weighted by atomic mass is 10.2. The third-order valence-corrected chi connectivity index (χ3v) is 2.77. The van der Waals surface area contributed by atoms with Crippen LogP contribution in [-0.4, -0.2) is 17.7 Å². The van der Waals surface area contributed by atoms with E-state index >= 15 is 0 Å². The third kappa shape index (κ3) is 2.83. The Balaban J connectivity index is 2.09. The molecule has 4 heteroatoms. The van der Waals surface area contributed by atoms with E-state index in [0.29, 0.717) is 6.61 Å². The maximum atomic E-state index is 11.6. The molecule has 18 heavy (non-hydrogen) atoms. The number of carbonyl (C=O) groups excluding carboxylic acids is 1. The largest absolute Gasteiger partial charge is 0.449 e. The number of carbonyl (C=O) groups is 1. The summed E-state index contributed by atoms with van der Waals surface area (Å²) in [6.45, 7) is 4.51. The van der Waals surface area contributed by atoms with Gasteiger partial charge in [-0.05, 0) is 31.5 Å². The summed E-state index contributed by atoms with van der Waals surface area (Å²) in [5.41, 5.74) is 2.86. The van der Waals surface area contributed by atoms with Gasteiger partial charge >= 0.3 is 6.09 Å². The Morgan fingerprint density at radius 3 is 3.06 bits per heavy atom. The smallest absolute Gasteiger partial charge is 0.411 e. The van der Waals surface area contributed by atoms with Gasteiger partial charge in [0.15, 0.2) is 0 Å². The molecule has 0 saturated heterocycles. The van der Waals surface area contributed by atoms with E-state index in [1.807, 2.05) is 31.2 Å². The average Bonchev–Trinajstić information content (AvgIpc) is 2.71. The van der Waals surface area contributed by atoms with Crippen LogP contribution in [0.5, 0.6) is 0 Å². The van der Waals surface area contributed by atoms with Gasteiger partial charge in [0.2, 0.25) is 0 Å². The van der Waals surface area contributed by atoms with Crippen molar-refractivity contribution in [1.82, 2.24) is 4.98 Å². The number of unbranched alkanes of at least 4 members (excludes halogenated alkanes) is 1. The third-order valence-electron chi connectivity index (χ3n) is 2.77. The zero-order valence-corrected chi connectivity index (χ0v) is 10.7. The van der Waals surface area contributed by atoms with E-state index in [9.17, 15) is 4.79 Å². The van der Waals surface area contributed by atoms with Crippen LogP contribution in [0.15, 0.2) is 24.3 Å². The minimum atomic E-state index is -0.394. The predicted molar refractivity (Wildman–Crippen MR) is 72.9 cm³/mol. The van der Waals surface area contributed by atoms with Gasteiger partial charge in [0.1, 0.15) is 0 Å². The number of anilines is 1. The average molecular weight is 246 g/mol. The quantitative estimate of drug-likeness (QED) is 0.806. The second-order valence-corrected chi connectivity index (χ2v) is 4.33. The molecule has 0 radical (unpaired) electrons. The fraction of sp³-hybridized carbons (Fsp3) is 0.357. The lowest BCUT2D eigenvalue weighted by molar-refractivity contribution is 0.160. The van der Waals surface area contributed by atoms with E-state index in [1.165, 1.54) is 0 Å². The van der Waals surface area contributed by atoms with Gasteiger partial charge in [-0.15, -0.1) is 0 Å². The summed E-state index contributed by atoms with van der Waals surface area (Å²) in [5, 5.41) is 3.78. The predicted octanol–water partition coefficient (Wildman–Crippen LogP) is 3.82. The van der Waals surface area contributed by atoms with Crippen LogP contribution >= 0.6 is 0 Å². The lowest BCUT2D eigenvalue weighted by Gasteiger charge is -2.07. The van der Waals surface area contributed by atoms with Crippen LogP contribution in [0.1, 0.15) is 25.5 Å². The minimum absolute atomic E-state index is 0.394. The lowest BCUT2D eigenvalue weighted by Crippen LogP contribution is -2.14. The number of aryl methyl sites for hydroxylation is 1. The van der Waals surface area contributed by atoms with Crippen molar-refractivity contribution < 1.29 is 9.53 Å². The van der Waals surface area contributed by atoms with E-state index in [1.54, 1.807) is 0 Å². The van der Waals surface area contributed by atoms with E-state index in [-0.39, 0.29) is 0 Å². The molecule has 1 amide bonds. The summed E-state index contributed by atoms with van der Waals surface area (Å²) in [6, 6.07) is 7.77. The van der Waals surface area contributed by atoms with Crippen molar-refractivity contribution in [1.29, 1.82) is 0 Å². The number of rotatable bonds is 4. The summed E-state index contributed by atoms with van der Waals surface area (Å²) >= 11 is 0. The minimum Gasteiger partial charge on any atom is -0.449 e. The van der Waals surface area contributed by atoms with Crippen LogP contribution < -0.4 is 5.32 Å². The molecule has 0 spiro atoms. The first-order valence-electron chi connectivity index (χ1n) is 6.23. The standard InChI is InChI=1S/C14H18N2O2/c1-3-4-8-18-14(17)16-13-7-5-6-12-11(13)9-10(2)15-12/h5-7,9,15H,3-4,8H2,1-2H3,(H,16,17). The van der Waals surface area contributed by atoms with Gasteiger partial charge in [-0.3, -0.25) is 5.32 Å². The van der Waals surface area contributed by atoms with Gasteiger partial charge in [0.25, 0.3) is 0 Å². The highest BCUT2D eigenvalue weighted by Crippen LogP contribution is 2.24. The van der Waals surface area contributed by atoms with Crippen molar-refractivity contribution in [3.05, 3.63) is 30.0 Å². The Morgan fingerprint density at radius 1 is 1.44 bits per heavy atom. The number of ether oxygens (including phenoxy) is 1. The molecule has 0 aliphatic rings. The van der Waals surface area contributed by atoms with Crippen LogP contribution in [0.25, 0.3) is 10.9 Å². The molecule has 0 bridgehead atoms. The van der Waals surface area contributed by atoms with Gasteiger partial charge in [-0.25, -0.2) is 4.79 Å². The molecule has 0 fully saturated rings. The van der Waals surface area contributed by atoms with E-state index < -0.39 is 6.09 Å². The maximum Gasteiger partial charge on any atom is 0.411 e. The second-order valence-electron chi connectivity index (χ2n) is 4.33. The van der Waals surface area contributed by atoms with Gasteiger partial charge in [-0.1, -0.05) is 19.4 Å². The molecule has 4 nitrogen and oxygen atoms in total. The molecule has 2 rings (SSSR count). The first-order chi connectivity index (χ1) is 8.70. The second kappa shape index (κ2) is 5.58. The molecule has 1 aromatic heterocycles. The number of hydrogen-bond acceptors (Lipinski definition) is 2. The molecule has 2 N–H and O–H groups in total. The van der Waals surface area contributed by atoms with Crippen LogP contribution in [-0.2, 0) is 4.74 Å². The number of aromatic amines is 1. The van der Waals surface area contributed by atoms with E-state index in [0.717, 1.165) is 35.1 Å². The molecule has 2 aromatic rings. The van der Waals surface area contributed by atoms with Crippen molar-refractivity contribution >= 4 is 22.7 Å². The first kappa shape index (κ1) is 12.5. The Bertz CT molecular complexity index is 546. The number of benzene rings is 1. The number of amides is 1. The van der Waals surface area contributed by atoms with Crippen molar-refractivity contribution in [3.63, 3.8) is 0 Å². The maximum absolute atomic E-state index is 11.6. The highest BCUT2D eigenvalue weighted by molar-refractivity contribution is 5.99. The van der Waals surface area contributed by atoms with Gasteiger partial charge < -0.3 is 9.72 Å². The Morgan fingerprint density at radius 2 is 2.28 bits per heavy atom. The number of H-pyrrole nitrogens is 1. The fourth-order valence-corrected chi connectivity index (χ4v) is 1.86. The molecule has 0 unspecified atom stereocenters. The van der Waals surface area contributed by atoms with Crippen molar-refractivity contribution in [2.75, 3.05) is 11.9 Å². The Labute approximate surface area is 106 Å². The Hall–Kier alpha value is -1.97. The summed E-state index contributed by atoms with van der Waals surface area (Å²) in [6.07, 6.45) is 1.51. The number of nitrogens with one attached hydrogen (secondary N) is 2. The van der Waals surface area contributed by atoms with Crippen LogP contribution in [0.3, 0.4) is 0 Å².